The molecule has 0 bridgehead atoms. The van der Waals surface area contributed by atoms with Gasteiger partial charge in [-0.15, -0.1) is 0 Å². The number of hydrogen-bond acceptors (Lipinski definition) is 3. The smallest absolute Gasteiger partial charge is 0.410 e. The third-order valence-electron chi connectivity index (χ3n) is 2.96. The van der Waals surface area contributed by atoms with Crippen LogP contribution in [0.3, 0.4) is 0 Å². The van der Waals surface area contributed by atoms with E-state index in [9.17, 15) is 4.79 Å². The summed E-state index contributed by atoms with van der Waals surface area (Å²) >= 11 is 0. The van der Waals surface area contributed by atoms with Crippen molar-refractivity contribution in [3.05, 3.63) is 35.4 Å². The van der Waals surface area contributed by atoms with Crippen LogP contribution in [-0.4, -0.2) is 24.6 Å². The summed E-state index contributed by atoms with van der Waals surface area (Å²) in [6.07, 6.45) is -0.273. The molecule has 0 radical (unpaired) electrons. The number of benzene rings is 1. The van der Waals surface area contributed by atoms with Gasteiger partial charge in [-0.05, 0) is 18.1 Å². The summed E-state index contributed by atoms with van der Waals surface area (Å²) in [5.41, 5.74) is 7.07. The fraction of sp³-hybridized carbons (Fsp3) is 0.417. The first kappa shape index (κ1) is 11.0. The number of ether oxygens (including phenoxy) is 1. The van der Waals surface area contributed by atoms with Gasteiger partial charge in [-0.2, -0.15) is 0 Å². The molecule has 1 amide bonds. The Morgan fingerprint density at radius 1 is 1.44 bits per heavy atom. The summed E-state index contributed by atoms with van der Waals surface area (Å²) in [6.45, 7) is 3.02. The van der Waals surface area contributed by atoms with Crippen LogP contribution < -0.4 is 5.73 Å². The van der Waals surface area contributed by atoms with Gasteiger partial charge in [0.15, 0.2) is 5.60 Å². The van der Waals surface area contributed by atoms with Crippen molar-refractivity contribution in [2.45, 2.75) is 19.1 Å². The standard InChI is InChI=1S/C12H16N2O2/c1-12(8-14(2)11(15)16-12)10-5-3-9(7-13)4-6-10/h3-6H,7-8,13H2,1-2H3. The van der Waals surface area contributed by atoms with Crippen LogP contribution in [0.2, 0.25) is 0 Å². The molecule has 1 aromatic rings. The Balaban J connectivity index is 2.26. The average molecular weight is 220 g/mol. The van der Waals surface area contributed by atoms with Crippen LogP contribution >= 0.6 is 0 Å². The Labute approximate surface area is 95.0 Å². The topological polar surface area (TPSA) is 55.6 Å². The van der Waals surface area contributed by atoms with Gasteiger partial charge < -0.3 is 15.4 Å². The van der Waals surface area contributed by atoms with Crippen LogP contribution in [-0.2, 0) is 16.9 Å². The number of carbonyl (C=O) groups excluding carboxylic acids is 1. The molecule has 1 saturated heterocycles. The predicted molar refractivity (Wildman–Crippen MR) is 60.8 cm³/mol. The fourth-order valence-corrected chi connectivity index (χ4v) is 1.96. The van der Waals surface area contributed by atoms with E-state index in [1.807, 2.05) is 31.2 Å². The quantitative estimate of drug-likeness (QED) is 0.820. The summed E-state index contributed by atoms with van der Waals surface area (Å²) in [5, 5.41) is 0. The molecule has 0 aliphatic carbocycles. The number of rotatable bonds is 2. The molecule has 2 rings (SSSR count). The molecule has 4 heteroatoms. The van der Waals surface area contributed by atoms with Gasteiger partial charge in [0.05, 0.1) is 6.54 Å². The van der Waals surface area contributed by atoms with Crippen molar-refractivity contribution in [1.82, 2.24) is 4.90 Å². The molecule has 2 N–H and O–H groups in total. The normalized spacial score (nSPS) is 24.7. The molecule has 0 saturated carbocycles. The van der Waals surface area contributed by atoms with Gasteiger partial charge in [-0.25, -0.2) is 4.79 Å². The van der Waals surface area contributed by atoms with Crippen molar-refractivity contribution in [3.63, 3.8) is 0 Å². The maximum atomic E-state index is 11.4. The second kappa shape index (κ2) is 3.79. The zero-order valence-electron chi connectivity index (χ0n) is 9.56. The van der Waals surface area contributed by atoms with E-state index < -0.39 is 5.60 Å². The van der Waals surface area contributed by atoms with Crippen molar-refractivity contribution in [3.8, 4) is 0 Å². The number of amides is 1. The lowest BCUT2D eigenvalue weighted by Crippen LogP contribution is -2.27. The van der Waals surface area contributed by atoms with Gasteiger partial charge in [0.2, 0.25) is 0 Å². The molecule has 1 fully saturated rings. The second-order valence-electron chi connectivity index (χ2n) is 4.36. The highest BCUT2D eigenvalue weighted by Gasteiger charge is 2.40. The van der Waals surface area contributed by atoms with Crippen LogP contribution in [0.1, 0.15) is 18.1 Å². The highest BCUT2D eigenvalue weighted by molar-refractivity contribution is 5.70. The minimum absolute atomic E-state index is 0.273. The van der Waals surface area contributed by atoms with E-state index >= 15 is 0 Å². The number of cyclic esters (lactones) is 1. The maximum Gasteiger partial charge on any atom is 0.410 e. The third kappa shape index (κ3) is 1.76. The van der Waals surface area contributed by atoms with Gasteiger partial charge in [0.25, 0.3) is 0 Å². The van der Waals surface area contributed by atoms with Gasteiger partial charge >= 0.3 is 6.09 Å². The largest absolute Gasteiger partial charge is 0.436 e. The molecular weight excluding hydrogens is 204 g/mol. The van der Waals surface area contributed by atoms with Crippen LogP contribution in [0.25, 0.3) is 0 Å². The first-order chi connectivity index (χ1) is 7.55. The molecular formula is C12H16N2O2. The Morgan fingerprint density at radius 2 is 2.06 bits per heavy atom. The van der Waals surface area contributed by atoms with E-state index in [1.54, 1.807) is 11.9 Å². The second-order valence-corrected chi connectivity index (χ2v) is 4.36. The van der Waals surface area contributed by atoms with E-state index in [2.05, 4.69) is 0 Å². The first-order valence-electron chi connectivity index (χ1n) is 5.29. The number of likely N-dealkylation sites (N-methyl/N-ethyl adjacent to an activating group) is 1. The SMILES string of the molecule is CN1CC(C)(c2ccc(CN)cc2)OC1=O. The summed E-state index contributed by atoms with van der Waals surface area (Å²) in [6, 6.07) is 7.86. The van der Waals surface area contributed by atoms with E-state index in [0.717, 1.165) is 11.1 Å². The van der Waals surface area contributed by atoms with Gasteiger partial charge in [-0.1, -0.05) is 24.3 Å². The third-order valence-corrected chi connectivity index (χ3v) is 2.96. The van der Waals surface area contributed by atoms with Crippen LogP contribution in [0.15, 0.2) is 24.3 Å². The molecule has 0 aromatic heterocycles. The molecule has 1 aliphatic heterocycles. The van der Waals surface area contributed by atoms with Crippen molar-refractivity contribution in [2.75, 3.05) is 13.6 Å². The van der Waals surface area contributed by atoms with Gasteiger partial charge in [0.1, 0.15) is 0 Å². The number of hydrogen-bond donors (Lipinski definition) is 1. The molecule has 1 aromatic carbocycles. The van der Waals surface area contributed by atoms with E-state index in [4.69, 9.17) is 10.5 Å². The van der Waals surface area contributed by atoms with Crippen molar-refractivity contribution in [1.29, 1.82) is 0 Å². The summed E-state index contributed by atoms with van der Waals surface area (Å²) < 4.78 is 5.38. The highest BCUT2D eigenvalue weighted by Crippen LogP contribution is 2.31. The van der Waals surface area contributed by atoms with E-state index in [0.29, 0.717) is 13.1 Å². The molecule has 86 valence electrons. The van der Waals surface area contributed by atoms with Gasteiger partial charge in [0, 0.05) is 13.6 Å². The first-order valence-corrected chi connectivity index (χ1v) is 5.29. The molecule has 1 atom stereocenters. The Bertz CT molecular complexity index is 402. The molecule has 1 heterocycles. The van der Waals surface area contributed by atoms with E-state index in [1.165, 1.54) is 0 Å². The van der Waals surface area contributed by atoms with Crippen molar-refractivity contribution in [2.24, 2.45) is 5.73 Å². The lowest BCUT2D eigenvalue weighted by atomic mass is 9.95. The Hall–Kier alpha value is -1.55. The van der Waals surface area contributed by atoms with Crippen LogP contribution in [0.4, 0.5) is 4.79 Å². The lowest BCUT2D eigenvalue weighted by molar-refractivity contribution is 0.0701. The maximum absolute atomic E-state index is 11.4. The average Bonchev–Trinajstić information content (AvgIpc) is 2.54. The predicted octanol–water partition coefficient (Wildman–Crippen LogP) is 1.44. The zero-order valence-corrected chi connectivity index (χ0v) is 9.56. The Morgan fingerprint density at radius 3 is 2.50 bits per heavy atom. The number of carbonyl (C=O) groups is 1. The molecule has 1 unspecified atom stereocenters. The number of nitrogens with zero attached hydrogens (tertiary/aromatic N) is 1. The summed E-state index contributed by atoms with van der Waals surface area (Å²) in [7, 11) is 1.74. The van der Waals surface area contributed by atoms with E-state index in [-0.39, 0.29) is 6.09 Å². The van der Waals surface area contributed by atoms with Crippen molar-refractivity contribution < 1.29 is 9.53 Å². The van der Waals surface area contributed by atoms with Gasteiger partial charge in [-0.3, -0.25) is 0 Å². The molecule has 0 spiro atoms. The lowest BCUT2D eigenvalue weighted by Gasteiger charge is -2.22. The minimum Gasteiger partial charge on any atom is -0.436 e. The summed E-state index contributed by atoms with van der Waals surface area (Å²) in [5.74, 6) is 0. The Kier molecular flexibility index (Phi) is 2.59. The fourth-order valence-electron chi connectivity index (χ4n) is 1.96. The van der Waals surface area contributed by atoms with Crippen LogP contribution in [0, 0.1) is 0 Å². The van der Waals surface area contributed by atoms with Crippen molar-refractivity contribution >= 4 is 6.09 Å². The highest BCUT2D eigenvalue weighted by atomic mass is 16.6. The zero-order chi connectivity index (χ0) is 11.8. The molecule has 1 aliphatic rings. The molecule has 4 nitrogen and oxygen atoms in total. The number of nitrogens with two attached hydrogens (primary N) is 1. The monoisotopic (exact) mass is 220 g/mol. The summed E-state index contributed by atoms with van der Waals surface area (Å²) in [4.78, 5) is 13.0. The minimum atomic E-state index is -0.543. The van der Waals surface area contributed by atoms with Crippen LogP contribution in [0.5, 0.6) is 0 Å². The molecule has 16 heavy (non-hydrogen) atoms.